The molecule has 1 aliphatic heterocycles. The first kappa shape index (κ1) is 18.4. The van der Waals surface area contributed by atoms with Gasteiger partial charge in [-0.25, -0.2) is 9.97 Å². The van der Waals surface area contributed by atoms with Crippen molar-refractivity contribution in [2.75, 3.05) is 32.7 Å². The molecular weight excluding hydrogens is 364 g/mol. The molecule has 1 aliphatic carbocycles. The van der Waals surface area contributed by atoms with E-state index in [2.05, 4.69) is 30.9 Å². The zero-order valence-corrected chi connectivity index (χ0v) is 16.8. The van der Waals surface area contributed by atoms with E-state index in [9.17, 15) is 4.79 Å². The number of Topliss-reactive ketones (excluding diaryl/α,β-unsaturated/α-hetero) is 1. The summed E-state index contributed by atoms with van der Waals surface area (Å²) in [6.45, 7) is 4.63. The molecule has 5 rings (SSSR count). The largest absolute Gasteiger partial charge is 0.298 e. The number of carbonyl (C=O) groups excluding carboxylic acids is 1. The number of fused-ring (bicyclic) bond motifs is 1. The van der Waals surface area contributed by atoms with E-state index in [0.29, 0.717) is 12.4 Å². The quantitative estimate of drug-likeness (QED) is 0.641. The predicted molar refractivity (Wildman–Crippen MR) is 111 cm³/mol. The van der Waals surface area contributed by atoms with Crippen LogP contribution in [0.1, 0.15) is 18.7 Å². The Hall–Kier alpha value is -2.64. The van der Waals surface area contributed by atoms with Crippen molar-refractivity contribution in [1.29, 1.82) is 0 Å². The van der Waals surface area contributed by atoms with E-state index in [0.717, 1.165) is 54.3 Å². The molecule has 3 heterocycles. The van der Waals surface area contributed by atoms with Gasteiger partial charge in [-0.05, 0) is 24.5 Å². The molecule has 0 amide bonds. The van der Waals surface area contributed by atoms with Crippen LogP contribution in [0.25, 0.3) is 22.0 Å². The van der Waals surface area contributed by atoms with Gasteiger partial charge in [0.15, 0.2) is 5.78 Å². The minimum Gasteiger partial charge on any atom is -0.298 e. The summed E-state index contributed by atoms with van der Waals surface area (Å²) < 4.78 is 1.79. The summed E-state index contributed by atoms with van der Waals surface area (Å²) in [5.41, 5.74) is 2.98. The third kappa shape index (κ3) is 4.21. The lowest BCUT2D eigenvalue weighted by Gasteiger charge is -2.34. The minimum absolute atomic E-state index is 0.188. The first-order valence-corrected chi connectivity index (χ1v) is 10.4. The van der Waals surface area contributed by atoms with E-state index >= 15 is 0 Å². The van der Waals surface area contributed by atoms with Crippen molar-refractivity contribution in [1.82, 2.24) is 29.5 Å². The summed E-state index contributed by atoms with van der Waals surface area (Å²) in [4.78, 5) is 26.5. The first-order chi connectivity index (χ1) is 14.1. The van der Waals surface area contributed by atoms with Gasteiger partial charge in [0, 0.05) is 62.6 Å². The van der Waals surface area contributed by atoms with Crippen molar-refractivity contribution in [3.05, 3.63) is 42.6 Å². The fourth-order valence-electron chi connectivity index (χ4n) is 4.10. The number of aryl methyl sites for hydroxylation is 1. The van der Waals surface area contributed by atoms with E-state index in [4.69, 9.17) is 0 Å². The third-order valence-electron chi connectivity index (χ3n) is 5.90. The number of aromatic nitrogens is 4. The van der Waals surface area contributed by atoms with Crippen LogP contribution in [-0.4, -0.2) is 74.1 Å². The fourth-order valence-corrected chi connectivity index (χ4v) is 4.10. The molecular formula is C22H26N6O. The Balaban J connectivity index is 1.24. The predicted octanol–water partition coefficient (Wildman–Crippen LogP) is 1.92. The van der Waals surface area contributed by atoms with Crippen molar-refractivity contribution < 1.29 is 4.79 Å². The van der Waals surface area contributed by atoms with Gasteiger partial charge in [0.25, 0.3) is 0 Å². The van der Waals surface area contributed by atoms with Crippen LogP contribution in [0.5, 0.6) is 0 Å². The van der Waals surface area contributed by atoms with Crippen LogP contribution in [0.15, 0.2) is 36.8 Å². The molecule has 7 heteroatoms. The van der Waals surface area contributed by atoms with Crippen LogP contribution in [0, 0.1) is 0 Å². The van der Waals surface area contributed by atoms with Gasteiger partial charge in [0.2, 0.25) is 0 Å². The topological polar surface area (TPSA) is 67.2 Å². The summed E-state index contributed by atoms with van der Waals surface area (Å²) >= 11 is 0. The summed E-state index contributed by atoms with van der Waals surface area (Å²) in [5, 5.41) is 5.21. The zero-order chi connectivity index (χ0) is 19.8. The number of carbonyl (C=O) groups is 1. The highest BCUT2D eigenvalue weighted by atomic mass is 16.1. The maximum Gasteiger partial charge on any atom is 0.154 e. The molecule has 1 saturated carbocycles. The molecule has 150 valence electrons. The average molecular weight is 390 g/mol. The highest BCUT2D eigenvalue weighted by Gasteiger charge is 2.31. The van der Waals surface area contributed by atoms with Gasteiger partial charge in [0.05, 0.1) is 24.7 Å². The van der Waals surface area contributed by atoms with Crippen LogP contribution in [0.2, 0.25) is 0 Å². The second kappa shape index (κ2) is 7.65. The molecule has 0 atom stereocenters. The molecule has 0 radical (unpaired) electrons. The lowest BCUT2D eigenvalue weighted by Crippen LogP contribution is -2.48. The summed E-state index contributed by atoms with van der Waals surface area (Å²) in [6, 6.07) is 6.92. The number of rotatable bonds is 6. The molecule has 0 N–H and O–H groups in total. The van der Waals surface area contributed by atoms with Gasteiger partial charge >= 0.3 is 0 Å². The smallest absolute Gasteiger partial charge is 0.154 e. The Morgan fingerprint density at radius 3 is 2.66 bits per heavy atom. The van der Waals surface area contributed by atoms with Crippen molar-refractivity contribution in [2.45, 2.75) is 25.3 Å². The molecule has 0 unspecified atom stereocenters. The zero-order valence-electron chi connectivity index (χ0n) is 16.8. The third-order valence-corrected chi connectivity index (χ3v) is 5.90. The number of ketones is 1. The van der Waals surface area contributed by atoms with Gasteiger partial charge in [0.1, 0.15) is 5.82 Å². The normalized spacial score (nSPS) is 18.4. The van der Waals surface area contributed by atoms with Crippen molar-refractivity contribution in [2.24, 2.45) is 7.05 Å². The molecule has 1 aromatic carbocycles. The Kier molecular flexibility index (Phi) is 4.85. The highest BCUT2D eigenvalue weighted by molar-refractivity contribution is 5.85. The van der Waals surface area contributed by atoms with Crippen molar-refractivity contribution in [3.63, 3.8) is 0 Å². The number of piperazine rings is 1. The van der Waals surface area contributed by atoms with E-state index in [1.807, 2.05) is 37.8 Å². The SMILES string of the molecule is Cn1cc(-c2ccc3cnc(CC(=O)CN4CCN(C5CC5)CC4)nc3c2)cn1. The van der Waals surface area contributed by atoms with E-state index in [1.165, 1.54) is 12.8 Å². The van der Waals surface area contributed by atoms with E-state index in [1.54, 1.807) is 4.68 Å². The monoisotopic (exact) mass is 390 g/mol. The second-order valence-corrected chi connectivity index (χ2v) is 8.22. The summed E-state index contributed by atoms with van der Waals surface area (Å²) in [5.74, 6) is 0.787. The van der Waals surface area contributed by atoms with Gasteiger partial charge in [-0.3, -0.25) is 19.3 Å². The molecule has 2 fully saturated rings. The Labute approximate surface area is 170 Å². The van der Waals surface area contributed by atoms with Gasteiger partial charge < -0.3 is 0 Å². The van der Waals surface area contributed by atoms with Crippen LogP contribution >= 0.6 is 0 Å². The van der Waals surface area contributed by atoms with Crippen LogP contribution in [-0.2, 0) is 18.3 Å². The van der Waals surface area contributed by atoms with Crippen molar-refractivity contribution in [3.8, 4) is 11.1 Å². The summed E-state index contributed by atoms with van der Waals surface area (Å²) in [6.07, 6.45) is 8.62. The van der Waals surface area contributed by atoms with Crippen LogP contribution < -0.4 is 0 Å². The van der Waals surface area contributed by atoms with Crippen molar-refractivity contribution >= 4 is 16.7 Å². The minimum atomic E-state index is 0.188. The molecule has 2 aliphatic rings. The Bertz CT molecular complexity index is 1030. The second-order valence-electron chi connectivity index (χ2n) is 8.22. The van der Waals surface area contributed by atoms with Gasteiger partial charge in [-0.1, -0.05) is 12.1 Å². The molecule has 29 heavy (non-hydrogen) atoms. The van der Waals surface area contributed by atoms with E-state index < -0.39 is 0 Å². The van der Waals surface area contributed by atoms with Gasteiger partial charge in [-0.2, -0.15) is 5.10 Å². The molecule has 7 nitrogen and oxygen atoms in total. The van der Waals surface area contributed by atoms with Gasteiger partial charge in [-0.15, -0.1) is 0 Å². The van der Waals surface area contributed by atoms with Crippen LogP contribution in [0.3, 0.4) is 0 Å². The average Bonchev–Trinajstić information content (AvgIpc) is 3.48. The molecule has 2 aromatic heterocycles. The first-order valence-electron chi connectivity index (χ1n) is 10.4. The Morgan fingerprint density at radius 2 is 1.93 bits per heavy atom. The maximum absolute atomic E-state index is 12.6. The lowest BCUT2D eigenvalue weighted by molar-refractivity contribution is -0.120. The van der Waals surface area contributed by atoms with E-state index in [-0.39, 0.29) is 12.2 Å². The fraction of sp³-hybridized carbons (Fsp3) is 0.455. The molecule has 0 bridgehead atoms. The maximum atomic E-state index is 12.6. The Morgan fingerprint density at radius 1 is 1.10 bits per heavy atom. The number of hydrogen-bond donors (Lipinski definition) is 0. The molecule has 0 spiro atoms. The summed E-state index contributed by atoms with van der Waals surface area (Å²) in [7, 11) is 1.91. The number of hydrogen-bond acceptors (Lipinski definition) is 6. The molecule has 3 aromatic rings. The number of nitrogens with zero attached hydrogens (tertiary/aromatic N) is 6. The standard InChI is InChI=1S/C22H26N6O/c1-26-14-18(13-24-26)16-2-3-17-12-23-22(25-21(17)10-16)11-20(29)15-27-6-8-28(9-7-27)19-4-5-19/h2-3,10,12-14,19H,4-9,11,15H2,1H3. The lowest BCUT2D eigenvalue weighted by atomic mass is 10.1. The molecule has 1 saturated heterocycles. The number of benzene rings is 1. The van der Waals surface area contributed by atoms with Crippen LogP contribution in [0.4, 0.5) is 0 Å². The highest BCUT2D eigenvalue weighted by Crippen LogP contribution is 2.27.